The van der Waals surface area contributed by atoms with Crippen LogP contribution in [0.5, 0.6) is 0 Å². The molecule has 2 aromatic rings. The normalized spacial score (nSPS) is 11.1. The van der Waals surface area contributed by atoms with Crippen LogP contribution in [0.3, 0.4) is 0 Å². The number of aromatic nitrogens is 2. The summed E-state index contributed by atoms with van der Waals surface area (Å²) < 4.78 is 39.3. The zero-order valence-electron chi connectivity index (χ0n) is 9.82. The van der Waals surface area contributed by atoms with E-state index in [2.05, 4.69) is 14.7 Å². The Bertz CT molecular complexity index is 750. The number of sulfonamides is 1. The molecule has 2 rings (SSSR count). The summed E-state index contributed by atoms with van der Waals surface area (Å²) in [6.07, 6.45) is 3.82. The van der Waals surface area contributed by atoms with Gasteiger partial charge in [-0.1, -0.05) is 0 Å². The van der Waals surface area contributed by atoms with Crippen LogP contribution in [0.4, 0.5) is 10.2 Å². The van der Waals surface area contributed by atoms with Crippen LogP contribution >= 0.6 is 0 Å². The Morgan fingerprint density at radius 1 is 1.30 bits per heavy atom. The van der Waals surface area contributed by atoms with Gasteiger partial charge in [0.15, 0.2) is 5.82 Å². The van der Waals surface area contributed by atoms with Gasteiger partial charge in [-0.3, -0.25) is 9.71 Å². The minimum absolute atomic E-state index is 0.0336. The van der Waals surface area contributed by atoms with Crippen LogP contribution in [-0.4, -0.2) is 29.5 Å². The van der Waals surface area contributed by atoms with E-state index in [0.717, 1.165) is 18.2 Å². The van der Waals surface area contributed by atoms with Gasteiger partial charge in [-0.05, 0) is 18.2 Å². The molecule has 0 saturated heterocycles. The number of hydrogen-bond donors (Lipinski definition) is 2. The average molecular weight is 297 g/mol. The van der Waals surface area contributed by atoms with Gasteiger partial charge in [0.1, 0.15) is 5.82 Å². The number of benzene rings is 1. The van der Waals surface area contributed by atoms with Crippen molar-refractivity contribution in [1.82, 2.24) is 9.97 Å². The maximum Gasteiger partial charge on any atom is 0.338 e. The van der Waals surface area contributed by atoms with E-state index in [-0.39, 0.29) is 10.7 Å². The molecule has 7 nitrogen and oxygen atoms in total. The fraction of sp³-hybridized carbons (Fsp3) is 0. The molecule has 0 amide bonds. The molecule has 0 aliphatic rings. The molecule has 2 N–H and O–H groups in total. The first-order valence-electron chi connectivity index (χ1n) is 5.22. The highest BCUT2D eigenvalue weighted by molar-refractivity contribution is 7.92. The number of carboxylic acid groups (broad SMARTS) is 1. The van der Waals surface area contributed by atoms with Gasteiger partial charge >= 0.3 is 5.97 Å². The zero-order chi connectivity index (χ0) is 14.8. The number of nitrogens with zero attached hydrogens (tertiary/aromatic N) is 2. The first-order valence-corrected chi connectivity index (χ1v) is 6.70. The summed E-state index contributed by atoms with van der Waals surface area (Å²) in [5, 5.41) is 8.77. The Balaban J connectivity index is 2.40. The SMILES string of the molecule is O=C(O)c1cc(S(=O)(=O)Nc2cnccn2)ccc1F. The van der Waals surface area contributed by atoms with Crippen molar-refractivity contribution in [3.05, 3.63) is 48.2 Å². The first-order chi connectivity index (χ1) is 9.40. The van der Waals surface area contributed by atoms with E-state index < -0.39 is 27.4 Å². The lowest BCUT2D eigenvalue weighted by molar-refractivity contribution is 0.0691. The van der Waals surface area contributed by atoms with Crippen molar-refractivity contribution < 1.29 is 22.7 Å². The molecule has 104 valence electrons. The molecule has 9 heteroatoms. The van der Waals surface area contributed by atoms with Crippen LogP contribution < -0.4 is 4.72 Å². The summed E-state index contributed by atoms with van der Waals surface area (Å²) in [5.41, 5.74) is -0.730. The van der Waals surface area contributed by atoms with Crippen molar-refractivity contribution in [3.8, 4) is 0 Å². The maximum atomic E-state index is 13.2. The Morgan fingerprint density at radius 3 is 2.65 bits per heavy atom. The predicted octanol–water partition coefficient (Wildman–Crippen LogP) is 1.11. The fourth-order valence-corrected chi connectivity index (χ4v) is 2.40. The maximum absolute atomic E-state index is 13.2. The zero-order valence-corrected chi connectivity index (χ0v) is 10.6. The van der Waals surface area contributed by atoms with Crippen molar-refractivity contribution in [2.24, 2.45) is 0 Å². The van der Waals surface area contributed by atoms with Crippen molar-refractivity contribution in [3.63, 3.8) is 0 Å². The summed E-state index contributed by atoms with van der Waals surface area (Å²) in [5.74, 6) is -2.61. The molecule has 1 aromatic heterocycles. The molecule has 20 heavy (non-hydrogen) atoms. The van der Waals surface area contributed by atoms with Gasteiger partial charge in [-0.2, -0.15) is 0 Å². The monoisotopic (exact) mass is 297 g/mol. The van der Waals surface area contributed by atoms with Crippen molar-refractivity contribution in [2.45, 2.75) is 4.90 Å². The van der Waals surface area contributed by atoms with Crippen LogP contribution in [0.2, 0.25) is 0 Å². The van der Waals surface area contributed by atoms with Gasteiger partial charge in [-0.25, -0.2) is 22.6 Å². The topological polar surface area (TPSA) is 109 Å². The second-order valence-electron chi connectivity index (χ2n) is 3.64. The molecule has 1 heterocycles. The van der Waals surface area contributed by atoms with E-state index in [9.17, 15) is 17.6 Å². The second kappa shape index (κ2) is 5.21. The molecule has 0 spiro atoms. The summed E-state index contributed by atoms with van der Waals surface area (Å²) in [7, 11) is -4.07. The third-order valence-corrected chi connectivity index (χ3v) is 3.63. The third-order valence-electron chi connectivity index (χ3n) is 2.28. The third kappa shape index (κ3) is 2.88. The lowest BCUT2D eigenvalue weighted by Gasteiger charge is -2.07. The molecular formula is C11H8FN3O4S. The Hall–Kier alpha value is -2.55. The molecule has 0 saturated carbocycles. The average Bonchev–Trinajstić information content (AvgIpc) is 2.39. The lowest BCUT2D eigenvalue weighted by atomic mass is 10.2. The lowest BCUT2D eigenvalue weighted by Crippen LogP contribution is -2.15. The van der Waals surface area contributed by atoms with Gasteiger partial charge < -0.3 is 5.11 Å². The minimum atomic E-state index is -4.07. The highest BCUT2D eigenvalue weighted by Gasteiger charge is 2.19. The van der Waals surface area contributed by atoms with Crippen LogP contribution in [0, 0.1) is 5.82 Å². The van der Waals surface area contributed by atoms with E-state index in [0.29, 0.717) is 0 Å². The first kappa shape index (κ1) is 13.9. The molecule has 0 fully saturated rings. The number of nitrogens with one attached hydrogen (secondary N) is 1. The molecule has 0 unspecified atom stereocenters. The van der Waals surface area contributed by atoms with Crippen molar-refractivity contribution in [1.29, 1.82) is 0 Å². The van der Waals surface area contributed by atoms with Gasteiger partial charge in [0, 0.05) is 12.4 Å². The highest BCUT2D eigenvalue weighted by Crippen LogP contribution is 2.17. The van der Waals surface area contributed by atoms with E-state index in [4.69, 9.17) is 5.11 Å². The van der Waals surface area contributed by atoms with E-state index >= 15 is 0 Å². The summed E-state index contributed by atoms with van der Waals surface area (Å²) in [6, 6.07) is 2.46. The smallest absolute Gasteiger partial charge is 0.338 e. The summed E-state index contributed by atoms with van der Waals surface area (Å²) >= 11 is 0. The van der Waals surface area contributed by atoms with Crippen molar-refractivity contribution in [2.75, 3.05) is 4.72 Å². The molecule has 0 aliphatic carbocycles. The number of hydrogen-bond acceptors (Lipinski definition) is 5. The van der Waals surface area contributed by atoms with Gasteiger partial charge in [0.2, 0.25) is 0 Å². The van der Waals surface area contributed by atoms with Gasteiger partial charge in [0.25, 0.3) is 10.0 Å². The number of rotatable bonds is 4. The standard InChI is InChI=1S/C11H8FN3O4S/c12-9-2-1-7(5-8(9)11(16)17)20(18,19)15-10-6-13-3-4-14-10/h1-6H,(H,14,15)(H,16,17). The van der Waals surface area contributed by atoms with Crippen LogP contribution in [0.1, 0.15) is 10.4 Å². The van der Waals surface area contributed by atoms with E-state index in [1.54, 1.807) is 0 Å². The van der Waals surface area contributed by atoms with Gasteiger partial charge in [-0.15, -0.1) is 0 Å². The van der Waals surface area contributed by atoms with E-state index in [1.165, 1.54) is 18.6 Å². The fourth-order valence-electron chi connectivity index (χ4n) is 1.38. The number of halogens is 1. The van der Waals surface area contributed by atoms with E-state index in [1.807, 2.05) is 0 Å². The molecule has 0 atom stereocenters. The Labute approximate surface area is 113 Å². The minimum Gasteiger partial charge on any atom is -0.478 e. The second-order valence-corrected chi connectivity index (χ2v) is 5.33. The van der Waals surface area contributed by atoms with Crippen LogP contribution in [0.15, 0.2) is 41.7 Å². The molecular weight excluding hydrogens is 289 g/mol. The number of carboxylic acids is 1. The predicted molar refractivity (Wildman–Crippen MR) is 66.2 cm³/mol. The quantitative estimate of drug-likeness (QED) is 0.875. The molecule has 0 aliphatic heterocycles. The number of aromatic carboxylic acids is 1. The summed E-state index contributed by atoms with van der Waals surface area (Å²) in [6.45, 7) is 0. The number of carbonyl (C=O) groups is 1. The summed E-state index contributed by atoms with van der Waals surface area (Å²) in [4.78, 5) is 17.8. The molecule has 0 radical (unpaired) electrons. The van der Waals surface area contributed by atoms with Crippen LogP contribution in [-0.2, 0) is 10.0 Å². The van der Waals surface area contributed by atoms with Crippen molar-refractivity contribution >= 4 is 21.8 Å². The van der Waals surface area contributed by atoms with Gasteiger partial charge in [0.05, 0.1) is 16.7 Å². The molecule has 1 aromatic carbocycles. The molecule has 0 bridgehead atoms. The number of anilines is 1. The Kier molecular flexibility index (Phi) is 3.61. The Morgan fingerprint density at radius 2 is 2.05 bits per heavy atom. The van der Waals surface area contributed by atoms with Crippen LogP contribution in [0.25, 0.3) is 0 Å². The highest BCUT2D eigenvalue weighted by atomic mass is 32.2. The largest absolute Gasteiger partial charge is 0.478 e.